The van der Waals surface area contributed by atoms with Crippen molar-refractivity contribution < 1.29 is 9.72 Å². The summed E-state index contributed by atoms with van der Waals surface area (Å²) in [6, 6.07) is 8.94. The molecule has 1 aromatic rings. The van der Waals surface area contributed by atoms with Crippen LogP contribution in [0.1, 0.15) is 36.5 Å². The quantitative estimate of drug-likeness (QED) is 0.414. The van der Waals surface area contributed by atoms with Crippen LogP contribution in [0.3, 0.4) is 0 Å². The van der Waals surface area contributed by atoms with Crippen LogP contribution in [-0.4, -0.2) is 17.3 Å². The molecule has 1 rings (SSSR count). The summed E-state index contributed by atoms with van der Waals surface area (Å²) in [6.07, 6.45) is 1.85. The molecule has 1 unspecified atom stereocenters. The molecule has 0 amide bonds. The fourth-order valence-corrected chi connectivity index (χ4v) is 1.88. The van der Waals surface area contributed by atoms with Crippen LogP contribution in [0.15, 0.2) is 30.3 Å². The number of hydrogen-bond acceptors (Lipinski definition) is 3. The highest BCUT2D eigenvalue weighted by Gasteiger charge is 2.19. The molecule has 4 heteroatoms. The maximum absolute atomic E-state index is 11.9. The van der Waals surface area contributed by atoms with E-state index in [1.807, 2.05) is 13.0 Å². The standard InChI is InChI=1S/C13H17NO3/c1-2-6-11(10-14(16)17)9-13(15)12-7-4-3-5-8-12/h3-5,7-8,11H,2,6,9-10H2,1H3. The lowest BCUT2D eigenvalue weighted by Gasteiger charge is -2.10. The third-order valence-electron chi connectivity index (χ3n) is 2.67. The van der Waals surface area contributed by atoms with Crippen molar-refractivity contribution in [1.29, 1.82) is 0 Å². The molecule has 1 aromatic carbocycles. The molecule has 0 aliphatic rings. The van der Waals surface area contributed by atoms with Crippen molar-refractivity contribution in [3.63, 3.8) is 0 Å². The maximum atomic E-state index is 11.9. The molecule has 92 valence electrons. The van der Waals surface area contributed by atoms with E-state index in [1.165, 1.54) is 0 Å². The molecule has 0 radical (unpaired) electrons. The van der Waals surface area contributed by atoms with E-state index in [-0.39, 0.29) is 29.6 Å². The third-order valence-corrected chi connectivity index (χ3v) is 2.67. The van der Waals surface area contributed by atoms with Gasteiger partial charge in [-0.1, -0.05) is 43.7 Å². The second-order valence-electron chi connectivity index (χ2n) is 4.16. The van der Waals surface area contributed by atoms with E-state index in [0.717, 1.165) is 12.8 Å². The minimum Gasteiger partial charge on any atom is -0.294 e. The number of carbonyl (C=O) groups is 1. The zero-order chi connectivity index (χ0) is 12.7. The van der Waals surface area contributed by atoms with Crippen LogP contribution in [-0.2, 0) is 0 Å². The molecule has 0 spiro atoms. The molecule has 0 aliphatic carbocycles. The zero-order valence-corrected chi connectivity index (χ0v) is 9.96. The number of nitrogens with zero attached hydrogens (tertiary/aromatic N) is 1. The van der Waals surface area contributed by atoms with Gasteiger partial charge < -0.3 is 0 Å². The second-order valence-corrected chi connectivity index (χ2v) is 4.16. The normalized spacial score (nSPS) is 12.1. The third kappa shape index (κ3) is 4.76. The van der Waals surface area contributed by atoms with Crippen LogP contribution in [0.25, 0.3) is 0 Å². The van der Waals surface area contributed by atoms with Gasteiger partial charge in [-0.25, -0.2) is 0 Å². The molecule has 0 aliphatic heterocycles. The summed E-state index contributed by atoms with van der Waals surface area (Å²) in [5.74, 6) is -0.159. The minimum atomic E-state index is -0.335. The molecule has 17 heavy (non-hydrogen) atoms. The lowest BCUT2D eigenvalue weighted by Crippen LogP contribution is -2.18. The minimum absolute atomic E-state index is 0.00843. The van der Waals surface area contributed by atoms with Gasteiger partial charge in [0, 0.05) is 22.8 Å². The molecule has 0 saturated carbocycles. The second kappa shape index (κ2) is 6.78. The highest BCUT2D eigenvalue weighted by Crippen LogP contribution is 2.15. The Morgan fingerprint density at radius 3 is 2.53 bits per heavy atom. The lowest BCUT2D eigenvalue weighted by atomic mass is 9.94. The molecule has 1 atom stereocenters. The topological polar surface area (TPSA) is 60.2 Å². The fraction of sp³-hybridized carbons (Fsp3) is 0.462. The smallest absolute Gasteiger partial charge is 0.207 e. The molecular formula is C13H17NO3. The molecule has 0 bridgehead atoms. The fourth-order valence-electron chi connectivity index (χ4n) is 1.88. The average molecular weight is 235 g/mol. The number of hydrogen-bond donors (Lipinski definition) is 0. The number of Topliss-reactive ketones (excluding diaryl/α,β-unsaturated/α-hetero) is 1. The van der Waals surface area contributed by atoms with Gasteiger partial charge in [-0.15, -0.1) is 0 Å². The first kappa shape index (κ1) is 13.4. The molecule has 0 N–H and O–H groups in total. The van der Waals surface area contributed by atoms with E-state index >= 15 is 0 Å². The van der Waals surface area contributed by atoms with Crippen molar-refractivity contribution in [3.8, 4) is 0 Å². The van der Waals surface area contributed by atoms with Gasteiger partial charge in [-0.3, -0.25) is 14.9 Å². The average Bonchev–Trinajstić information content (AvgIpc) is 2.29. The highest BCUT2D eigenvalue weighted by atomic mass is 16.6. The number of ketones is 1. The Hall–Kier alpha value is -1.71. The summed E-state index contributed by atoms with van der Waals surface area (Å²) in [5.41, 5.74) is 0.636. The van der Waals surface area contributed by atoms with Crippen molar-refractivity contribution >= 4 is 5.78 Å². The van der Waals surface area contributed by atoms with Gasteiger partial charge in [-0.2, -0.15) is 0 Å². The van der Waals surface area contributed by atoms with Crippen LogP contribution in [0.5, 0.6) is 0 Å². The van der Waals surface area contributed by atoms with Crippen LogP contribution in [0.2, 0.25) is 0 Å². The molecule has 0 heterocycles. The predicted octanol–water partition coefficient (Wildman–Crippen LogP) is 2.95. The van der Waals surface area contributed by atoms with Gasteiger partial charge in [0.15, 0.2) is 5.78 Å². The van der Waals surface area contributed by atoms with Crippen molar-refractivity contribution in [2.24, 2.45) is 5.92 Å². The van der Waals surface area contributed by atoms with Crippen molar-refractivity contribution in [2.75, 3.05) is 6.54 Å². The van der Waals surface area contributed by atoms with E-state index in [4.69, 9.17) is 0 Å². The first-order valence-corrected chi connectivity index (χ1v) is 5.83. The Morgan fingerprint density at radius 1 is 1.35 bits per heavy atom. The summed E-state index contributed by atoms with van der Waals surface area (Å²) in [5, 5.41) is 10.5. The number of nitro groups is 1. The highest BCUT2D eigenvalue weighted by molar-refractivity contribution is 5.96. The summed E-state index contributed by atoms with van der Waals surface area (Å²) >= 11 is 0. The summed E-state index contributed by atoms with van der Waals surface area (Å²) in [6.45, 7) is 1.85. The zero-order valence-electron chi connectivity index (χ0n) is 9.96. The van der Waals surface area contributed by atoms with E-state index < -0.39 is 0 Å². The first-order chi connectivity index (χ1) is 8.13. The van der Waals surface area contributed by atoms with E-state index in [0.29, 0.717) is 5.56 Å². The van der Waals surface area contributed by atoms with Crippen LogP contribution in [0, 0.1) is 16.0 Å². The summed E-state index contributed by atoms with van der Waals surface area (Å²) in [4.78, 5) is 22.1. The largest absolute Gasteiger partial charge is 0.294 e. The molecular weight excluding hydrogens is 218 g/mol. The molecule has 4 nitrogen and oxygen atoms in total. The Kier molecular flexibility index (Phi) is 5.33. The monoisotopic (exact) mass is 235 g/mol. The maximum Gasteiger partial charge on any atom is 0.207 e. The molecule has 0 aromatic heterocycles. The van der Waals surface area contributed by atoms with Gasteiger partial charge in [0.05, 0.1) is 0 Å². The molecule has 0 fully saturated rings. The number of carbonyl (C=O) groups excluding carboxylic acids is 1. The van der Waals surface area contributed by atoms with Crippen LogP contribution >= 0.6 is 0 Å². The lowest BCUT2D eigenvalue weighted by molar-refractivity contribution is -0.488. The van der Waals surface area contributed by atoms with Crippen molar-refractivity contribution in [1.82, 2.24) is 0 Å². The van der Waals surface area contributed by atoms with Gasteiger partial charge in [0.2, 0.25) is 6.54 Å². The Morgan fingerprint density at radius 2 is 2.00 bits per heavy atom. The summed E-state index contributed by atoms with van der Waals surface area (Å²) in [7, 11) is 0. The molecule has 0 saturated heterocycles. The first-order valence-electron chi connectivity index (χ1n) is 5.83. The summed E-state index contributed by atoms with van der Waals surface area (Å²) < 4.78 is 0. The van der Waals surface area contributed by atoms with E-state index in [1.54, 1.807) is 24.3 Å². The Bertz CT molecular complexity index is 376. The van der Waals surface area contributed by atoms with Gasteiger partial charge in [0.25, 0.3) is 0 Å². The SMILES string of the molecule is CCCC(CC(=O)c1ccccc1)C[N+](=O)[O-]. The number of rotatable bonds is 7. The van der Waals surface area contributed by atoms with Gasteiger partial charge in [0.1, 0.15) is 0 Å². The Labute approximate surface area is 101 Å². The number of benzene rings is 1. The van der Waals surface area contributed by atoms with Gasteiger partial charge in [-0.05, 0) is 6.42 Å². The van der Waals surface area contributed by atoms with E-state index in [9.17, 15) is 14.9 Å². The van der Waals surface area contributed by atoms with Crippen LogP contribution < -0.4 is 0 Å². The predicted molar refractivity (Wildman–Crippen MR) is 65.6 cm³/mol. The van der Waals surface area contributed by atoms with Crippen molar-refractivity contribution in [3.05, 3.63) is 46.0 Å². The Balaban J connectivity index is 2.60. The van der Waals surface area contributed by atoms with Crippen molar-refractivity contribution in [2.45, 2.75) is 26.2 Å². The van der Waals surface area contributed by atoms with Gasteiger partial charge >= 0.3 is 0 Å². The van der Waals surface area contributed by atoms with E-state index in [2.05, 4.69) is 0 Å². The van der Waals surface area contributed by atoms with Crippen LogP contribution in [0.4, 0.5) is 0 Å².